The van der Waals surface area contributed by atoms with Gasteiger partial charge < -0.3 is 15.8 Å². The Morgan fingerprint density at radius 1 is 1.41 bits per heavy atom. The van der Waals surface area contributed by atoms with Gasteiger partial charge in [-0.3, -0.25) is 4.79 Å². The molecule has 4 nitrogen and oxygen atoms in total. The fourth-order valence-electron chi connectivity index (χ4n) is 2.32. The Balaban J connectivity index is 2.16. The van der Waals surface area contributed by atoms with E-state index in [0.717, 1.165) is 13.0 Å². The van der Waals surface area contributed by atoms with Crippen LogP contribution < -0.4 is 11.1 Å². The molecule has 1 saturated carbocycles. The van der Waals surface area contributed by atoms with Crippen LogP contribution in [0.1, 0.15) is 25.7 Å². The number of ether oxygens (including phenoxy) is 1. The number of amides is 1. The van der Waals surface area contributed by atoms with Crippen molar-refractivity contribution >= 4 is 5.91 Å². The van der Waals surface area contributed by atoms with Gasteiger partial charge in [0.2, 0.25) is 5.91 Å². The second-order valence-corrected chi connectivity index (χ2v) is 4.54. The molecule has 1 aliphatic rings. The van der Waals surface area contributed by atoms with E-state index < -0.39 is 0 Å². The maximum Gasteiger partial charge on any atom is 0.246 e. The maximum atomic E-state index is 11.2. The number of carbonyl (C=O) groups excluding carboxylic acids is 1. The third-order valence-electron chi connectivity index (χ3n) is 3.32. The van der Waals surface area contributed by atoms with Crippen molar-refractivity contribution in [3.63, 3.8) is 0 Å². The first-order valence-electron chi connectivity index (χ1n) is 6.26. The molecule has 1 amide bonds. The number of hydrogen-bond donors (Lipinski definition) is 2. The van der Waals surface area contributed by atoms with Crippen molar-refractivity contribution in [1.29, 1.82) is 0 Å². The summed E-state index contributed by atoms with van der Waals surface area (Å²) >= 11 is 0. The fraction of sp³-hybridized carbons (Fsp3) is 0.769. The smallest absolute Gasteiger partial charge is 0.246 e. The largest absolute Gasteiger partial charge is 0.371 e. The molecule has 0 radical (unpaired) electrons. The average Bonchev–Trinajstić information content (AvgIpc) is 2.37. The first kappa shape index (κ1) is 14.0. The van der Waals surface area contributed by atoms with E-state index >= 15 is 0 Å². The van der Waals surface area contributed by atoms with E-state index in [1.165, 1.54) is 19.3 Å². The lowest BCUT2D eigenvalue weighted by molar-refractivity contribution is -0.126. The van der Waals surface area contributed by atoms with Crippen LogP contribution in [0.25, 0.3) is 0 Å². The van der Waals surface area contributed by atoms with Crippen molar-refractivity contribution in [2.45, 2.75) is 25.7 Å². The van der Waals surface area contributed by atoms with Crippen LogP contribution in [0.15, 0.2) is 0 Å². The number of carbonyl (C=O) groups is 1. The molecule has 0 aliphatic heterocycles. The number of rotatable bonds is 6. The van der Waals surface area contributed by atoms with E-state index in [1.807, 2.05) is 0 Å². The number of terminal acetylenes is 1. The lowest BCUT2D eigenvalue weighted by Crippen LogP contribution is -2.32. The number of nitrogens with two attached hydrogens (primary N) is 1. The van der Waals surface area contributed by atoms with E-state index in [9.17, 15) is 4.79 Å². The van der Waals surface area contributed by atoms with E-state index in [4.69, 9.17) is 16.9 Å². The molecule has 0 saturated heterocycles. The van der Waals surface area contributed by atoms with Crippen LogP contribution in [-0.4, -0.2) is 32.2 Å². The summed E-state index contributed by atoms with van der Waals surface area (Å²) < 4.78 is 5.43. The van der Waals surface area contributed by atoms with Gasteiger partial charge in [-0.1, -0.05) is 18.8 Å². The Kier molecular flexibility index (Phi) is 6.68. The van der Waals surface area contributed by atoms with Crippen molar-refractivity contribution < 1.29 is 9.53 Å². The lowest BCUT2D eigenvalue weighted by Gasteiger charge is -2.30. The molecule has 96 valence electrons. The van der Waals surface area contributed by atoms with Crippen LogP contribution in [0.2, 0.25) is 0 Å². The summed E-state index contributed by atoms with van der Waals surface area (Å²) in [5.41, 5.74) is 5.73. The molecule has 17 heavy (non-hydrogen) atoms. The van der Waals surface area contributed by atoms with Gasteiger partial charge in [0.1, 0.15) is 6.61 Å². The van der Waals surface area contributed by atoms with Crippen molar-refractivity contribution in [1.82, 2.24) is 5.32 Å². The summed E-state index contributed by atoms with van der Waals surface area (Å²) in [6.45, 7) is 1.70. The minimum atomic E-state index is -0.150. The van der Waals surface area contributed by atoms with Gasteiger partial charge in [0.15, 0.2) is 0 Å². The highest BCUT2D eigenvalue weighted by atomic mass is 16.5. The Morgan fingerprint density at radius 3 is 2.76 bits per heavy atom. The second kappa shape index (κ2) is 8.10. The molecule has 0 aromatic rings. The number of nitrogens with one attached hydrogen (secondary N) is 1. The Hall–Kier alpha value is -1.05. The van der Waals surface area contributed by atoms with Gasteiger partial charge in [-0.25, -0.2) is 0 Å². The van der Waals surface area contributed by atoms with Crippen molar-refractivity contribution in [2.75, 3.05) is 26.3 Å². The van der Waals surface area contributed by atoms with Crippen molar-refractivity contribution in [3.8, 4) is 12.3 Å². The molecule has 3 N–H and O–H groups in total. The molecular weight excluding hydrogens is 216 g/mol. The SMILES string of the molecule is C#CCNC(=O)COCC1CCCCC1CN. The van der Waals surface area contributed by atoms with Gasteiger partial charge >= 0.3 is 0 Å². The van der Waals surface area contributed by atoms with E-state index in [0.29, 0.717) is 18.4 Å². The minimum absolute atomic E-state index is 0.0927. The number of hydrogen-bond acceptors (Lipinski definition) is 3. The first-order chi connectivity index (χ1) is 8.27. The Morgan fingerprint density at radius 2 is 2.12 bits per heavy atom. The minimum Gasteiger partial charge on any atom is -0.371 e. The highest BCUT2D eigenvalue weighted by Gasteiger charge is 2.24. The van der Waals surface area contributed by atoms with Crippen molar-refractivity contribution in [3.05, 3.63) is 0 Å². The predicted octanol–water partition coefficient (Wildman–Crippen LogP) is 0.518. The monoisotopic (exact) mass is 238 g/mol. The Labute approximate surface area is 103 Å². The summed E-state index contributed by atoms with van der Waals surface area (Å²) in [6.07, 6.45) is 9.90. The van der Waals surface area contributed by atoms with E-state index in [2.05, 4.69) is 11.2 Å². The first-order valence-corrected chi connectivity index (χ1v) is 6.26. The molecule has 0 aromatic heterocycles. The Bertz CT molecular complexity index is 273. The summed E-state index contributed by atoms with van der Waals surface area (Å²) in [7, 11) is 0. The summed E-state index contributed by atoms with van der Waals surface area (Å²) in [4.78, 5) is 11.2. The summed E-state index contributed by atoms with van der Waals surface area (Å²) in [5, 5.41) is 2.57. The van der Waals surface area contributed by atoms with Crippen LogP contribution in [0.3, 0.4) is 0 Å². The van der Waals surface area contributed by atoms with Crippen LogP contribution in [0, 0.1) is 24.2 Å². The third-order valence-corrected chi connectivity index (χ3v) is 3.32. The van der Waals surface area contributed by atoms with Crippen LogP contribution in [0.5, 0.6) is 0 Å². The summed E-state index contributed by atoms with van der Waals surface area (Å²) in [5.74, 6) is 3.26. The van der Waals surface area contributed by atoms with Gasteiger partial charge in [-0.15, -0.1) is 6.42 Å². The van der Waals surface area contributed by atoms with E-state index in [1.54, 1.807) is 0 Å². The molecular formula is C13H22N2O2. The topological polar surface area (TPSA) is 64.3 Å². The normalized spacial score (nSPS) is 24.0. The van der Waals surface area contributed by atoms with Gasteiger partial charge in [0.25, 0.3) is 0 Å². The van der Waals surface area contributed by atoms with Gasteiger partial charge in [-0.05, 0) is 31.2 Å². The predicted molar refractivity (Wildman–Crippen MR) is 67.2 cm³/mol. The second-order valence-electron chi connectivity index (χ2n) is 4.54. The molecule has 1 rings (SSSR count). The highest BCUT2D eigenvalue weighted by molar-refractivity contribution is 5.77. The van der Waals surface area contributed by atoms with Crippen molar-refractivity contribution in [2.24, 2.45) is 17.6 Å². The molecule has 0 heterocycles. The quantitative estimate of drug-likeness (QED) is 0.663. The molecule has 2 atom stereocenters. The van der Waals surface area contributed by atoms with Crippen LogP contribution in [-0.2, 0) is 9.53 Å². The maximum absolute atomic E-state index is 11.2. The molecule has 1 aliphatic carbocycles. The zero-order chi connectivity index (χ0) is 12.5. The zero-order valence-electron chi connectivity index (χ0n) is 10.3. The average molecular weight is 238 g/mol. The highest BCUT2D eigenvalue weighted by Crippen LogP contribution is 2.29. The molecule has 1 fully saturated rings. The van der Waals surface area contributed by atoms with Gasteiger partial charge in [0, 0.05) is 0 Å². The molecule has 0 bridgehead atoms. The molecule has 4 heteroatoms. The fourth-order valence-corrected chi connectivity index (χ4v) is 2.32. The summed E-state index contributed by atoms with van der Waals surface area (Å²) in [6, 6.07) is 0. The van der Waals surface area contributed by atoms with Gasteiger partial charge in [0.05, 0.1) is 13.2 Å². The molecule has 0 spiro atoms. The van der Waals surface area contributed by atoms with Gasteiger partial charge in [-0.2, -0.15) is 0 Å². The zero-order valence-corrected chi connectivity index (χ0v) is 10.3. The van der Waals surface area contributed by atoms with Crippen LogP contribution >= 0.6 is 0 Å². The molecule has 0 aromatic carbocycles. The third kappa shape index (κ3) is 5.20. The lowest BCUT2D eigenvalue weighted by atomic mass is 9.80. The van der Waals surface area contributed by atoms with E-state index in [-0.39, 0.29) is 19.1 Å². The molecule has 2 unspecified atom stereocenters. The van der Waals surface area contributed by atoms with Crippen LogP contribution in [0.4, 0.5) is 0 Å². The standard InChI is InChI=1S/C13H22N2O2/c1-2-7-15-13(16)10-17-9-12-6-4-3-5-11(12)8-14/h1,11-12H,3-10,14H2,(H,15,16).